The molecule has 0 saturated heterocycles. The van der Waals surface area contributed by atoms with E-state index in [1.54, 1.807) is 13.1 Å². The molecule has 0 aliphatic heterocycles. The summed E-state index contributed by atoms with van der Waals surface area (Å²) in [5.74, 6) is 0.728. The average Bonchev–Trinajstić information content (AvgIpc) is 2.27. The van der Waals surface area contributed by atoms with Crippen molar-refractivity contribution in [2.45, 2.75) is 16.8 Å². The largest absolute Gasteiger partial charge is 0.300 e. The van der Waals surface area contributed by atoms with E-state index in [4.69, 9.17) is 0 Å². The third-order valence-electron chi connectivity index (χ3n) is 2.30. The van der Waals surface area contributed by atoms with Crippen molar-refractivity contribution >= 4 is 11.8 Å². The molecule has 1 heterocycles. The van der Waals surface area contributed by atoms with Crippen LogP contribution in [0.4, 0.5) is 0 Å². The van der Waals surface area contributed by atoms with E-state index in [2.05, 4.69) is 4.98 Å². The van der Waals surface area contributed by atoms with Crippen molar-refractivity contribution in [1.82, 2.24) is 9.55 Å². The van der Waals surface area contributed by atoms with Gasteiger partial charge in [0.2, 0.25) is 0 Å². The molecule has 0 amide bonds. The number of benzene rings is 1. The smallest absolute Gasteiger partial charge is 0.254 e. The van der Waals surface area contributed by atoms with E-state index >= 15 is 0 Å². The van der Waals surface area contributed by atoms with Crippen LogP contribution in [0, 0.1) is 6.92 Å². The Morgan fingerprint density at radius 2 is 1.94 bits per heavy atom. The molecule has 0 unspecified atom stereocenters. The van der Waals surface area contributed by atoms with Crippen molar-refractivity contribution < 1.29 is 0 Å². The lowest BCUT2D eigenvalue weighted by Crippen LogP contribution is -2.19. The van der Waals surface area contributed by atoms with Crippen molar-refractivity contribution in [2.75, 3.05) is 0 Å². The average molecular weight is 232 g/mol. The van der Waals surface area contributed by atoms with Crippen molar-refractivity contribution in [1.29, 1.82) is 0 Å². The van der Waals surface area contributed by atoms with Gasteiger partial charge < -0.3 is 0 Å². The Morgan fingerprint density at radius 1 is 1.25 bits per heavy atom. The summed E-state index contributed by atoms with van der Waals surface area (Å²) in [5.41, 5.74) is -0.0223. The Bertz CT molecular complexity index is 549. The standard InChI is InChI=1S/C12H12N2OS/c1-9-13-11(8-12(15)14(9)2)16-10-6-4-3-5-7-10/h3-8H,1-2H3. The zero-order valence-corrected chi connectivity index (χ0v) is 9.99. The third kappa shape index (κ3) is 2.33. The summed E-state index contributed by atoms with van der Waals surface area (Å²) >= 11 is 1.50. The quantitative estimate of drug-likeness (QED) is 0.745. The SMILES string of the molecule is Cc1nc(Sc2ccccc2)cc(=O)n1C. The molecule has 2 rings (SSSR count). The fourth-order valence-corrected chi connectivity index (χ4v) is 2.16. The lowest BCUT2D eigenvalue weighted by molar-refractivity contribution is 0.749. The molecule has 3 nitrogen and oxygen atoms in total. The van der Waals surface area contributed by atoms with Crippen LogP contribution >= 0.6 is 11.8 Å². The highest BCUT2D eigenvalue weighted by Gasteiger charge is 2.03. The summed E-state index contributed by atoms with van der Waals surface area (Å²) in [5, 5.41) is 0.742. The van der Waals surface area contributed by atoms with E-state index in [0.29, 0.717) is 0 Å². The van der Waals surface area contributed by atoms with E-state index in [1.165, 1.54) is 16.3 Å². The Balaban J connectivity index is 2.33. The van der Waals surface area contributed by atoms with Gasteiger partial charge in [-0.05, 0) is 19.1 Å². The first-order chi connectivity index (χ1) is 7.66. The van der Waals surface area contributed by atoms with Crippen molar-refractivity contribution in [3.8, 4) is 0 Å². The van der Waals surface area contributed by atoms with Gasteiger partial charge in [-0.15, -0.1) is 0 Å². The van der Waals surface area contributed by atoms with Crippen LogP contribution in [0.25, 0.3) is 0 Å². The summed E-state index contributed by atoms with van der Waals surface area (Å²) in [4.78, 5) is 17.0. The van der Waals surface area contributed by atoms with Gasteiger partial charge in [0.15, 0.2) is 0 Å². The highest BCUT2D eigenvalue weighted by molar-refractivity contribution is 7.99. The molecule has 0 atom stereocenters. The normalized spacial score (nSPS) is 10.4. The van der Waals surface area contributed by atoms with Gasteiger partial charge in [0.1, 0.15) is 10.9 Å². The van der Waals surface area contributed by atoms with Gasteiger partial charge in [0.25, 0.3) is 5.56 Å². The lowest BCUT2D eigenvalue weighted by Gasteiger charge is -2.05. The molecule has 0 aliphatic carbocycles. The van der Waals surface area contributed by atoms with Crippen molar-refractivity contribution in [3.05, 3.63) is 52.6 Å². The van der Waals surface area contributed by atoms with E-state index in [1.807, 2.05) is 37.3 Å². The van der Waals surface area contributed by atoms with Crippen LogP contribution in [0.3, 0.4) is 0 Å². The van der Waals surface area contributed by atoms with Gasteiger partial charge in [-0.25, -0.2) is 4.98 Å². The van der Waals surface area contributed by atoms with Crippen LogP contribution in [0.5, 0.6) is 0 Å². The number of rotatable bonds is 2. The lowest BCUT2D eigenvalue weighted by atomic mass is 10.4. The van der Waals surface area contributed by atoms with Gasteiger partial charge in [-0.3, -0.25) is 9.36 Å². The molecule has 16 heavy (non-hydrogen) atoms. The van der Waals surface area contributed by atoms with Gasteiger partial charge in [0.05, 0.1) is 0 Å². The number of nitrogens with zero attached hydrogens (tertiary/aromatic N) is 2. The number of aromatic nitrogens is 2. The number of hydrogen-bond acceptors (Lipinski definition) is 3. The molecule has 0 N–H and O–H groups in total. The van der Waals surface area contributed by atoms with E-state index in [0.717, 1.165) is 15.7 Å². The molecular formula is C12H12N2OS. The second-order valence-corrected chi connectivity index (χ2v) is 4.55. The van der Waals surface area contributed by atoms with Crippen LogP contribution in [0.2, 0.25) is 0 Å². The maximum absolute atomic E-state index is 11.6. The van der Waals surface area contributed by atoms with E-state index in [9.17, 15) is 4.79 Å². The van der Waals surface area contributed by atoms with Crippen LogP contribution in [-0.4, -0.2) is 9.55 Å². The van der Waals surface area contributed by atoms with Crippen LogP contribution in [0.1, 0.15) is 5.82 Å². The van der Waals surface area contributed by atoms with Gasteiger partial charge in [-0.2, -0.15) is 0 Å². The predicted octanol–water partition coefficient (Wildman–Crippen LogP) is 2.24. The Morgan fingerprint density at radius 3 is 2.56 bits per heavy atom. The monoisotopic (exact) mass is 232 g/mol. The first-order valence-electron chi connectivity index (χ1n) is 4.94. The van der Waals surface area contributed by atoms with E-state index < -0.39 is 0 Å². The zero-order valence-electron chi connectivity index (χ0n) is 9.18. The Labute approximate surface area is 98.2 Å². The molecule has 2 aromatic rings. The highest BCUT2D eigenvalue weighted by Crippen LogP contribution is 2.24. The molecule has 0 spiro atoms. The van der Waals surface area contributed by atoms with Gasteiger partial charge >= 0.3 is 0 Å². The summed E-state index contributed by atoms with van der Waals surface area (Å²) < 4.78 is 1.54. The second-order valence-electron chi connectivity index (χ2n) is 3.45. The number of aryl methyl sites for hydroxylation is 1. The van der Waals surface area contributed by atoms with Gasteiger partial charge in [0, 0.05) is 18.0 Å². The molecule has 0 bridgehead atoms. The fourth-order valence-electron chi connectivity index (χ4n) is 1.29. The van der Waals surface area contributed by atoms with Crippen LogP contribution in [-0.2, 0) is 7.05 Å². The van der Waals surface area contributed by atoms with Gasteiger partial charge in [-0.1, -0.05) is 30.0 Å². The summed E-state index contributed by atoms with van der Waals surface area (Å²) in [6.45, 7) is 1.83. The predicted molar refractivity (Wildman–Crippen MR) is 64.8 cm³/mol. The fraction of sp³-hybridized carbons (Fsp3) is 0.167. The van der Waals surface area contributed by atoms with E-state index in [-0.39, 0.29) is 5.56 Å². The molecule has 0 radical (unpaired) electrons. The first kappa shape index (κ1) is 11.0. The summed E-state index contributed by atoms with van der Waals surface area (Å²) in [6.07, 6.45) is 0. The minimum atomic E-state index is -0.0223. The third-order valence-corrected chi connectivity index (χ3v) is 3.23. The maximum Gasteiger partial charge on any atom is 0.254 e. The van der Waals surface area contributed by atoms with Crippen LogP contribution in [0.15, 0.2) is 51.1 Å². The molecular weight excluding hydrogens is 220 g/mol. The van der Waals surface area contributed by atoms with Crippen molar-refractivity contribution in [2.24, 2.45) is 7.05 Å². The Hall–Kier alpha value is -1.55. The maximum atomic E-state index is 11.6. The molecule has 1 aromatic heterocycles. The minimum Gasteiger partial charge on any atom is -0.300 e. The zero-order chi connectivity index (χ0) is 11.5. The highest BCUT2D eigenvalue weighted by atomic mass is 32.2. The molecule has 4 heteroatoms. The molecule has 82 valence electrons. The molecule has 0 saturated carbocycles. The summed E-state index contributed by atoms with van der Waals surface area (Å²) in [6, 6.07) is 11.5. The molecule has 1 aromatic carbocycles. The molecule has 0 fully saturated rings. The number of hydrogen-bond donors (Lipinski definition) is 0. The second kappa shape index (κ2) is 4.53. The Kier molecular flexibility index (Phi) is 3.10. The van der Waals surface area contributed by atoms with Crippen LogP contribution < -0.4 is 5.56 Å². The first-order valence-corrected chi connectivity index (χ1v) is 5.76. The minimum absolute atomic E-state index is 0.0223. The van der Waals surface area contributed by atoms with Crippen molar-refractivity contribution in [3.63, 3.8) is 0 Å². The molecule has 0 aliphatic rings. The topological polar surface area (TPSA) is 34.9 Å². The summed E-state index contributed by atoms with van der Waals surface area (Å²) in [7, 11) is 1.72.